The average molecular weight is 313 g/mol. The molecule has 0 amide bonds. The monoisotopic (exact) mass is 313 g/mol. The summed E-state index contributed by atoms with van der Waals surface area (Å²) < 4.78 is 4.85. The van der Waals surface area contributed by atoms with Gasteiger partial charge in [-0.15, -0.1) is 0 Å². The van der Waals surface area contributed by atoms with E-state index >= 15 is 0 Å². The molecule has 4 nitrogen and oxygen atoms in total. The Bertz CT molecular complexity index is 288. The summed E-state index contributed by atoms with van der Waals surface area (Å²) >= 11 is 0. The first-order valence-electron chi connectivity index (χ1n) is 9.39. The fourth-order valence-electron chi connectivity index (χ4n) is 3.06. The van der Waals surface area contributed by atoms with Crippen LogP contribution in [0.4, 0.5) is 0 Å². The highest BCUT2D eigenvalue weighted by Gasteiger charge is 2.22. The molecule has 4 heteroatoms. The molecule has 0 saturated carbocycles. The van der Waals surface area contributed by atoms with Crippen LogP contribution in [-0.4, -0.2) is 30.4 Å². The lowest BCUT2D eigenvalue weighted by Crippen LogP contribution is -2.48. The van der Waals surface area contributed by atoms with Crippen LogP contribution in [0, 0.1) is 5.21 Å². The molecule has 0 bridgehead atoms. The first kappa shape index (κ1) is 19.4. The summed E-state index contributed by atoms with van der Waals surface area (Å²) in [6.45, 7) is 3.47. The zero-order chi connectivity index (χ0) is 16.1. The van der Waals surface area contributed by atoms with Crippen LogP contribution in [-0.2, 0) is 9.53 Å². The number of hydrogen-bond acceptors (Lipinski definition) is 3. The second-order valence-corrected chi connectivity index (χ2v) is 6.79. The van der Waals surface area contributed by atoms with Crippen LogP contribution in [0.2, 0.25) is 0 Å². The third kappa shape index (κ3) is 9.42. The zero-order valence-electron chi connectivity index (χ0n) is 14.5. The van der Waals surface area contributed by atoms with E-state index in [1.807, 2.05) is 0 Å². The minimum atomic E-state index is -0.330. The van der Waals surface area contributed by atoms with E-state index in [0.29, 0.717) is 19.5 Å². The Kier molecular flexibility index (Phi) is 10.5. The van der Waals surface area contributed by atoms with E-state index in [2.05, 4.69) is 6.92 Å². The summed E-state index contributed by atoms with van der Waals surface area (Å²) in [6, 6.07) is 0. The number of nitrogens with zero attached hydrogens (tertiary/aromatic N) is 1. The van der Waals surface area contributed by atoms with E-state index < -0.39 is 0 Å². The molecular formula is C18H35NO3. The van der Waals surface area contributed by atoms with Crippen LogP contribution in [0.15, 0.2) is 0 Å². The molecule has 0 radical (unpaired) electrons. The van der Waals surface area contributed by atoms with Gasteiger partial charge in [-0.3, -0.25) is 4.79 Å². The fourth-order valence-corrected chi connectivity index (χ4v) is 3.06. The summed E-state index contributed by atoms with van der Waals surface area (Å²) in [6.07, 6.45) is 14.7. The van der Waals surface area contributed by atoms with Gasteiger partial charge in [0.2, 0.25) is 6.73 Å². The molecule has 0 aromatic carbocycles. The van der Waals surface area contributed by atoms with Gasteiger partial charge < -0.3 is 14.6 Å². The first-order chi connectivity index (χ1) is 10.7. The standard InChI is InChI=1S/C18H35NO3/c1-2-3-4-5-6-7-8-9-11-14-18(20)22-17-19(21)15-12-10-13-16-19/h2-17H2,1H3. The van der Waals surface area contributed by atoms with Crippen molar-refractivity contribution in [3.63, 3.8) is 0 Å². The maximum atomic E-state index is 12.2. The fraction of sp³-hybridized carbons (Fsp3) is 0.944. The Morgan fingerprint density at radius 1 is 0.909 bits per heavy atom. The predicted molar refractivity (Wildman–Crippen MR) is 90.0 cm³/mol. The van der Waals surface area contributed by atoms with Crippen molar-refractivity contribution in [2.24, 2.45) is 0 Å². The van der Waals surface area contributed by atoms with Crippen molar-refractivity contribution in [2.75, 3.05) is 19.8 Å². The van der Waals surface area contributed by atoms with Crippen molar-refractivity contribution in [1.82, 2.24) is 0 Å². The number of carbonyl (C=O) groups excluding carboxylic acids is 1. The number of carbonyl (C=O) groups is 1. The molecule has 0 unspecified atom stereocenters. The molecule has 0 aromatic heterocycles. The number of piperidine rings is 1. The van der Waals surface area contributed by atoms with E-state index in [-0.39, 0.29) is 17.3 Å². The van der Waals surface area contributed by atoms with Crippen LogP contribution >= 0.6 is 0 Å². The van der Waals surface area contributed by atoms with Crippen LogP contribution in [0.3, 0.4) is 0 Å². The lowest BCUT2D eigenvalue weighted by Gasteiger charge is -2.44. The van der Waals surface area contributed by atoms with E-state index in [4.69, 9.17) is 4.74 Å². The Balaban J connectivity index is 1.91. The summed E-state index contributed by atoms with van der Waals surface area (Å²) in [7, 11) is 0. The van der Waals surface area contributed by atoms with Crippen molar-refractivity contribution in [3.05, 3.63) is 5.21 Å². The molecule has 0 aromatic rings. The molecule has 130 valence electrons. The van der Waals surface area contributed by atoms with Gasteiger partial charge in [0.25, 0.3) is 0 Å². The number of unbranched alkanes of at least 4 members (excludes halogenated alkanes) is 8. The highest BCUT2D eigenvalue weighted by Crippen LogP contribution is 2.17. The van der Waals surface area contributed by atoms with Crippen molar-refractivity contribution in [2.45, 2.75) is 90.4 Å². The molecule has 1 aliphatic heterocycles. The Morgan fingerprint density at radius 3 is 2.05 bits per heavy atom. The number of rotatable bonds is 12. The summed E-state index contributed by atoms with van der Waals surface area (Å²) in [4.78, 5) is 11.7. The Morgan fingerprint density at radius 2 is 1.45 bits per heavy atom. The summed E-state index contributed by atoms with van der Waals surface area (Å²) in [5.41, 5.74) is 0. The van der Waals surface area contributed by atoms with E-state index in [9.17, 15) is 10.0 Å². The van der Waals surface area contributed by atoms with Crippen molar-refractivity contribution < 1.29 is 14.2 Å². The van der Waals surface area contributed by atoms with E-state index in [1.165, 1.54) is 44.9 Å². The van der Waals surface area contributed by atoms with Gasteiger partial charge in [-0.25, -0.2) is 0 Å². The van der Waals surface area contributed by atoms with Crippen LogP contribution < -0.4 is 0 Å². The molecule has 1 heterocycles. The van der Waals surface area contributed by atoms with E-state index in [0.717, 1.165) is 32.1 Å². The SMILES string of the molecule is CCCCCCCCCCCC(=O)OC[N+]1([O-])CCCCC1. The van der Waals surface area contributed by atoms with Crippen LogP contribution in [0.25, 0.3) is 0 Å². The summed E-state index contributed by atoms with van der Waals surface area (Å²) in [5, 5.41) is 12.2. The van der Waals surface area contributed by atoms with Crippen LogP contribution in [0.5, 0.6) is 0 Å². The lowest BCUT2D eigenvalue weighted by molar-refractivity contribution is -0.902. The predicted octanol–water partition coefficient (Wildman–Crippen LogP) is 4.91. The van der Waals surface area contributed by atoms with Gasteiger partial charge >= 0.3 is 5.97 Å². The smallest absolute Gasteiger partial charge is 0.310 e. The van der Waals surface area contributed by atoms with Crippen molar-refractivity contribution in [1.29, 1.82) is 0 Å². The highest BCUT2D eigenvalue weighted by atomic mass is 16.6. The molecule has 0 spiro atoms. The molecule has 0 atom stereocenters. The lowest BCUT2D eigenvalue weighted by atomic mass is 10.1. The molecule has 1 saturated heterocycles. The molecular weight excluding hydrogens is 278 g/mol. The number of esters is 1. The second-order valence-electron chi connectivity index (χ2n) is 6.79. The van der Waals surface area contributed by atoms with Crippen molar-refractivity contribution >= 4 is 5.97 Å². The number of ether oxygens (including phenoxy) is 1. The zero-order valence-corrected chi connectivity index (χ0v) is 14.5. The maximum absolute atomic E-state index is 12.2. The van der Waals surface area contributed by atoms with Gasteiger partial charge in [0, 0.05) is 6.42 Å². The number of hydrogen-bond donors (Lipinski definition) is 0. The van der Waals surface area contributed by atoms with Gasteiger partial charge in [-0.05, 0) is 25.7 Å². The third-order valence-corrected chi connectivity index (χ3v) is 4.58. The molecule has 0 N–H and O–H groups in total. The summed E-state index contributed by atoms with van der Waals surface area (Å²) in [5.74, 6) is -0.193. The molecule has 1 fully saturated rings. The molecule has 1 rings (SSSR count). The maximum Gasteiger partial charge on any atom is 0.310 e. The minimum absolute atomic E-state index is 0.0241. The highest BCUT2D eigenvalue weighted by molar-refractivity contribution is 5.69. The second kappa shape index (κ2) is 11.9. The van der Waals surface area contributed by atoms with Crippen LogP contribution in [0.1, 0.15) is 90.4 Å². The normalized spacial score (nSPS) is 17.4. The molecule has 22 heavy (non-hydrogen) atoms. The largest absolute Gasteiger partial charge is 0.630 e. The average Bonchev–Trinajstić information content (AvgIpc) is 2.52. The third-order valence-electron chi connectivity index (χ3n) is 4.58. The van der Waals surface area contributed by atoms with E-state index in [1.54, 1.807) is 0 Å². The van der Waals surface area contributed by atoms with Gasteiger partial charge in [-0.1, -0.05) is 58.3 Å². The molecule has 0 aliphatic carbocycles. The van der Waals surface area contributed by atoms with Gasteiger partial charge in [-0.2, -0.15) is 0 Å². The minimum Gasteiger partial charge on any atom is -0.630 e. The topological polar surface area (TPSA) is 49.4 Å². The van der Waals surface area contributed by atoms with Gasteiger partial charge in [0.1, 0.15) is 0 Å². The van der Waals surface area contributed by atoms with Crippen molar-refractivity contribution in [3.8, 4) is 0 Å². The molecule has 1 aliphatic rings. The van der Waals surface area contributed by atoms with Gasteiger partial charge in [0.05, 0.1) is 13.1 Å². The number of likely N-dealkylation sites (tertiary alicyclic amines) is 1. The Labute approximate surface area is 136 Å². The Hall–Kier alpha value is -0.610. The number of hydroxylamine groups is 3. The first-order valence-corrected chi connectivity index (χ1v) is 9.39. The number of quaternary nitrogens is 1. The quantitative estimate of drug-likeness (QED) is 0.223. The van der Waals surface area contributed by atoms with Gasteiger partial charge in [0.15, 0.2) is 0 Å².